The summed E-state index contributed by atoms with van der Waals surface area (Å²) in [5, 5.41) is 0. The van der Waals surface area contributed by atoms with Crippen molar-refractivity contribution in [1.82, 2.24) is 0 Å². The largest absolute Gasteiger partial charge is 0.437 e. The zero-order valence-corrected chi connectivity index (χ0v) is 23.7. The van der Waals surface area contributed by atoms with Crippen molar-refractivity contribution in [3.8, 4) is 0 Å². The average Bonchev–Trinajstić information content (AvgIpc) is 2.27. The minimum absolute atomic E-state index is 0.665. The molecule has 0 saturated heterocycles. The van der Waals surface area contributed by atoms with E-state index in [4.69, 9.17) is 16.8 Å². The highest BCUT2D eigenvalue weighted by Crippen LogP contribution is 2.26. The van der Waals surface area contributed by atoms with Gasteiger partial charge in [-0.3, -0.25) is 0 Å². The highest BCUT2D eigenvalue weighted by molar-refractivity contribution is 7.28. The molecule has 0 spiro atoms. The fourth-order valence-electron chi connectivity index (χ4n) is 3.21. The smallest absolute Gasteiger partial charge is 0.312 e. The first kappa shape index (κ1) is 25.7. The van der Waals surface area contributed by atoms with Crippen LogP contribution < -0.4 is 0 Å². The third-order valence-corrected chi connectivity index (χ3v) is 26.1. The molecule has 0 rings (SSSR count). The molecule has 0 heterocycles. The van der Waals surface area contributed by atoms with Gasteiger partial charge in [0.15, 0.2) is 24.7 Å². The van der Waals surface area contributed by atoms with Crippen molar-refractivity contribution in [3.63, 3.8) is 0 Å². The predicted molar refractivity (Wildman–Crippen MR) is 122 cm³/mol. The van der Waals surface area contributed by atoms with Crippen LogP contribution in [0.3, 0.4) is 0 Å². The Bertz CT molecular complexity index is 433. The van der Waals surface area contributed by atoms with Gasteiger partial charge in [-0.2, -0.15) is 0 Å². The highest BCUT2D eigenvalue weighted by atomic mass is 29.3. The van der Waals surface area contributed by atoms with Gasteiger partial charge < -0.3 is 16.8 Å². The Kier molecular flexibility index (Phi) is 10.00. The van der Waals surface area contributed by atoms with Gasteiger partial charge in [0.1, 0.15) is 0 Å². The van der Waals surface area contributed by atoms with Crippen LogP contribution in [0.5, 0.6) is 0 Å². The summed E-state index contributed by atoms with van der Waals surface area (Å²) in [6.07, 6.45) is 1.15. The summed E-state index contributed by atoms with van der Waals surface area (Å²) in [5.74, 6) is 0. The third-order valence-electron chi connectivity index (χ3n) is 3.41. The molecule has 25 heavy (non-hydrogen) atoms. The van der Waals surface area contributed by atoms with E-state index in [0.717, 1.165) is 18.0 Å². The predicted octanol–water partition coefficient (Wildman–Crippen LogP) is 5.28. The lowest BCUT2D eigenvalue weighted by Crippen LogP contribution is -2.60. The van der Waals surface area contributed by atoms with Crippen molar-refractivity contribution in [2.75, 3.05) is 6.61 Å². The first-order chi connectivity index (χ1) is 11.0. The highest BCUT2D eigenvalue weighted by Gasteiger charge is 2.46. The average molecular weight is 439 g/mol. The Morgan fingerprint density at radius 2 is 1.32 bits per heavy atom. The van der Waals surface area contributed by atoms with E-state index in [9.17, 15) is 0 Å². The Morgan fingerprint density at radius 3 is 1.72 bits per heavy atom. The van der Waals surface area contributed by atoms with Crippen LogP contribution in [0.2, 0.25) is 65.0 Å². The van der Waals surface area contributed by atoms with Gasteiger partial charge in [0.25, 0.3) is 0 Å². The fraction of sp³-hybridized carbons (Fsp3) is 0.875. The summed E-state index contributed by atoms with van der Waals surface area (Å²) in [5.41, 5.74) is 1.09. The maximum atomic E-state index is 6.76. The minimum Gasteiger partial charge on any atom is -0.437 e. The molecule has 0 fully saturated rings. The molecule has 150 valence electrons. The molecule has 0 aromatic rings. The molecule has 1 atom stereocenters. The lowest BCUT2D eigenvalue weighted by molar-refractivity contribution is 0.324. The van der Waals surface area contributed by atoms with Gasteiger partial charge >= 0.3 is 17.1 Å². The molecule has 0 aliphatic heterocycles. The van der Waals surface area contributed by atoms with Crippen molar-refractivity contribution >= 4 is 41.8 Å². The van der Waals surface area contributed by atoms with E-state index < -0.39 is 41.8 Å². The molecule has 0 aliphatic carbocycles. The van der Waals surface area contributed by atoms with Gasteiger partial charge in [0.05, 0.1) is 6.61 Å². The SMILES string of the molecule is C=C(C)CO[SiH](CCC)[Si](C)(C)O[Si](C)(C)O[Si](C)(C)O[Si](C)(C)C. The van der Waals surface area contributed by atoms with Crippen LogP contribution in [0.1, 0.15) is 20.3 Å². The van der Waals surface area contributed by atoms with Crippen LogP contribution in [-0.4, -0.2) is 48.4 Å². The van der Waals surface area contributed by atoms with Gasteiger partial charge in [-0.15, -0.1) is 0 Å². The first-order valence-corrected chi connectivity index (χ1v) is 24.4. The van der Waals surface area contributed by atoms with E-state index in [2.05, 4.69) is 72.4 Å². The maximum absolute atomic E-state index is 6.76. The molecule has 0 N–H and O–H groups in total. The van der Waals surface area contributed by atoms with E-state index in [1.807, 2.05) is 6.92 Å². The van der Waals surface area contributed by atoms with Gasteiger partial charge in [-0.05, 0) is 71.9 Å². The standard InChI is InChI=1S/C16H42O4Si5/c1-13-14-21(17-15-16(2)3)25(11,12)20-24(9,10)19-23(7,8)18-22(4,5)6/h21H,2,13-15H2,1,3-12H3. The summed E-state index contributed by atoms with van der Waals surface area (Å²) in [6, 6.07) is 1.16. The number of hydrogen-bond acceptors (Lipinski definition) is 4. The molecular formula is C16H42O4Si5. The summed E-state index contributed by atoms with van der Waals surface area (Å²) in [7, 11) is -9.41. The molecule has 0 aromatic heterocycles. The quantitative estimate of drug-likeness (QED) is 0.306. The lowest BCUT2D eigenvalue weighted by Gasteiger charge is -2.42. The Labute approximate surface area is 162 Å². The maximum Gasteiger partial charge on any atom is 0.312 e. The van der Waals surface area contributed by atoms with Crippen LogP contribution in [0.4, 0.5) is 0 Å². The normalized spacial score (nSPS) is 15.3. The molecule has 1 unspecified atom stereocenters. The van der Waals surface area contributed by atoms with E-state index in [0.29, 0.717) is 6.61 Å². The van der Waals surface area contributed by atoms with E-state index in [1.165, 1.54) is 0 Å². The van der Waals surface area contributed by atoms with E-state index in [1.54, 1.807) is 0 Å². The monoisotopic (exact) mass is 438 g/mol. The minimum atomic E-state index is -2.27. The van der Waals surface area contributed by atoms with Crippen molar-refractivity contribution in [2.24, 2.45) is 0 Å². The molecule has 0 radical (unpaired) electrons. The zero-order valence-electron chi connectivity index (χ0n) is 18.5. The summed E-state index contributed by atoms with van der Waals surface area (Å²) in [4.78, 5) is 0. The molecule has 0 aliphatic rings. The van der Waals surface area contributed by atoms with Crippen molar-refractivity contribution < 1.29 is 16.8 Å². The fourth-order valence-corrected chi connectivity index (χ4v) is 30.9. The Balaban J connectivity index is 5.09. The van der Waals surface area contributed by atoms with Crippen molar-refractivity contribution in [1.29, 1.82) is 0 Å². The Hall–Kier alpha value is 0.664. The van der Waals surface area contributed by atoms with Crippen LogP contribution in [-0.2, 0) is 16.8 Å². The van der Waals surface area contributed by atoms with Crippen LogP contribution in [0.15, 0.2) is 12.2 Å². The van der Waals surface area contributed by atoms with Crippen LogP contribution in [0.25, 0.3) is 0 Å². The van der Waals surface area contributed by atoms with Crippen molar-refractivity contribution in [2.45, 2.75) is 85.2 Å². The number of rotatable bonds is 12. The van der Waals surface area contributed by atoms with Crippen molar-refractivity contribution in [3.05, 3.63) is 12.2 Å². The topological polar surface area (TPSA) is 36.9 Å². The zero-order chi connectivity index (χ0) is 20.1. The molecular weight excluding hydrogens is 397 g/mol. The molecule has 0 aromatic carbocycles. The molecule has 9 heteroatoms. The van der Waals surface area contributed by atoms with E-state index in [-0.39, 0.29) is 0 Å². The molecule has 4 nitrogen and oxygen atoms in total. The molecule has 0 amide bonds. The van der Waals surface area contributed by atoms with Crippen LogP contribution in [0, 0.1) is 0 Å². The summed E-state index contributed by atoms with van der Waals surface area (Å²) >= 11 is 0. The second-order valence-corrected chi connectivity index (χ2v) is 32.8. The van der Waals surface area contributed by atoms with E-state index >= 15 is 0 Å². The molecule has 0 saturated carbocycles. The third kappa shape index (κ3) is 11.9. The first-order valence-electron chi connectivity index (χ1n) is 9.36. The van der Waals surface area contributed by atoms with Crippen LogP contribution >= 0.6 is 0 Å². The van der Waals surface area contributed by atoms with Gasteiger partial charge in [-0.25, -0.2) is 0 Å². The number of hydrogen-bond donors (Lipinski definition) is 0. The second kappa shape index (κ2) is 9.74. The van der Waals surface area contributed by atoms with Gasteiger partial charge in [0, 0.05) is 0 Å². The Morgan fingerprint density at radius 1 is 0.840 bits per heavy atom. The lowest BCUT2D eigenvalue weighted by atomic mass is 10.4. The summed E-state index contributed by atoms with van der Waals surface area (Å²) in [6.45, 7) is 28.8. The van der Waals surface area contributed by atoms with Gasteiger partial charge in [0.2, 0.25) is 0 Å². The second-order valence-electron chi connectivity index (χ2n) is 9.37. The molecule has 0 bridgehead atoms. The summed E-state index contributed by atoms with van der Waals surface area (Å²) < 4.78 is 26.0. The van der Waals surface area contributed by atoms with Gasteiger partial charge in [-0.1, -0.05) is 25.5 Å².